The molecule has 0 radical (unpaired) electrons. The van der Waals surface area contributed by atoms with E-state index < -0.39 is 0 Å². The summed E-state index contributed by atoms with van der Waals surface area (Å²) in [4.78, 5) is 11.3. The summed E-state index contributed by atoms with van der Waals surface area (Å²) in [5.41, 5.74) is 0. The Hall–Kier alpha value is -0.610. The van der Waals surface area contributed by atoms with Crippen LogP contribution in [0.5, 0.6) is 0 Å². The summed E-state index contributed by atoms with van der Waals surface area (Å²) in [7, 11) is 0. The number of carbonyl (C=O) groups is 1. The molecule has 88 valence electrons. The number of nitrogens with one attached hydrogen (secondary N) is 2. The third-order valence-corrected chi connectivity index (χ3v) is 2.58. The molecule has 0 aromatic heterocycles. The zero-order valence-electron chi connectivity index (χ0n) is 9.55. The van der Waals surface area contributed by atoms with E-state index in [4.69, 9.17) is 4.74 Å². The maximum atomic E-state index is 11.3. The highest BCUT2D eigenvalue weighted by molar-refractivity contribution is 5.77. The summed E-state index contributed by atoms with van der Waals surface area (Å²) in [6.45, 7) is 4.93. The lowest BCUT2D eigenvalue weighted by Gasteiger charge is -2.15. The van der Waals surface area contributed by atoms with E-state index in [9.17, 15) is 4.79 Å². The van der Waals surface area contributed by atoms with E-state index in [0.717, 1.165) is 45.4 Å². The summed E-state index contributed by atoms with van der Waals surface area (Å²) in [5.74, 6) is 0.0991. The van der Waals surface area contributed by atoms with Crippen LogP contribution in [0.15, 0.2) is 0 Å². The Balaban J connectivity index is 2.09. The van der Waals surface area contributed by atoms with Crippen molar-refractivity contribution in [3.05, 3.63) is 0 Å². The molecular formula is C11H22N2O2. The Morgan fingerprint density at radius 3 is 3.07 bits per heavy atom. The SMILES string of the molecule is CCCNC(=O)CNC1CCCOCC1. The van der Waals surface area contributed by atoms with Crippen molar-refractivity contribution < 1.29 is 9.53 Å². The van der Waals surface area contributed by atoms with Crippen LogP contribution in [0.25, 0.3) is 0 Å². The van der Waals surface area contributed by atoms with E-state index in [1.54, 1.807) is 0 Å². The lowest BCUT2D eigenvalue weighted by Crippen LogP contribution is -2.39. The molecule has 0 aliphatic carbocycles. The molecule has 1 fully saturated rings. The van der Waals surface area contributed by atoms with Crippen molar-refractivity contribution in [1.29, 1.82) is 0 Å². The second-order valence-electron chi connectivity index (χ2n) is 3.97. The molecule has 0 aromatic rings. The predicted molar refractivity (Wildman–Crippen MR) is 59.8 cm³/mol. The summed E-state index contributed by atoms with van der Waals surface area (Å²) >= 11 is 0. The van der Waals surface area contributed by atoms with Gasteiger partial charge in [-0.3, -0.25) is 4.79 Å². The van der Waals surface area contributed by atoms with Gasteiger partial charge in [0.2, 0.25) is 5.91 Å². The maximum Gasteiger partial charge on any atom is 0.233 e. The number of ether oxygens (including phenoxy) is 1. The number of hydrogen-bond acceptors (Lipinski definition) is 3. The molecule has 1 rings (SSSR count). The first kappa shape index (κ1) is 12.5. The molecule has 0 saturated carbocycles. The van der Waals surface area contributed by atoms with Crippen LogP contribution < -0.4 is 10.6 Å². The van der Waals surface area contributed by atoms with Crippen molar-refractivity contribution in [3.63, 3.8) is 0 Å². The van der Waals surface area contributed by atoms with Gasteiger partial charge < -0.3 is 15.4 Å². The lowest BCUT2D eigenvalue weighted by molar-refractivity contribution is -0.120. The van der Waals surface area contributed by atoms with Crippen molar-refractivity contribution >= 4 is 5.91 Å². The van der Waals surface area contributed by atoms with Crippen LogP contribution in [0.3, 0.4) is 0 Å². The van der Waals surface area contributed by atoms with Crippen molar-refractivity contribution in [2.45, 2.75) is 38.6 Å². The van der Waals surface area contributed by atoms with Gasteiger partial charge in [0.05, 0.1) is 6.54 Å². The smallest absolute Gasteiger partial charge is 0.233 e. The molecule has 1 aliphatic heterocycles. The Labute approximate surface area is 91.8 Å². The highest BCUT2D eigenvalue weighted by atomic mass is 16.5. The summed E-state index contributed by atoms with van der Waals surface area (Å²) in [6.07, 6.45) is 4.21. The van der Waals surface area contributed by atoms with Gasteiger partial charge in [0.1, 0.15) is 0 Å². The van der Waals surface area contributed by atoms with Crippen LogP contribution in [-0.4, -0.2) is 38.3 Å². The standard InChI is InChI=1S/C11H22N2O2/c1-2-6-12-11(14)9-13-10-4-3-7-15-8-5-10/h10,13H,2-9H2,1H3,(H,12,14). The Morgan fingerprint density at radius 1 is 1.40 bits per heavy atom. The fraction of sp³-hybridized carbons (Fsp3) is 0.909. The Bertz CT molecular complexity index is 177. The molecule has 1 heterocycles. The van der Waals surface area contributed by atoms with Crippen LogP contribution in [0.2, 0.25) is 0 Å². The van der Waals surface area contributed by atoms with E-state index in [-0.39, 0.29) is 5.91 Å². The highest BCUT2D eigenvalue weighted by Crippen LogP contribution is 2.07. The zero-order valence-corrected chi connectivity index (χ0v) is 9.55. The van der Waals surface area contributed by atoms with E-state index in [2.05, 4.69) is 17.6 Å². The van der Waals surface area contributed by atoms with Crippen LogP contribution in [0.4, 0.5) is 0 Å². The van der Waals surface area contributed by atoms with Crippen LogP contribution in [0.1, 0.15) is 32.6 Å². The molecule has 4 nitrogen and oxygen atoms in total. The Kier molecular flexibility index (Phi) is 6.36. The second-order valence-corrected chi connectivity index (χ2v) is 3.97. The van der Waals surface area contributed by atoms with Crippen LogP contribution >= 0.6 is 0 Å². The van der Waals surface area contributed by atoms with Gasteiger partial charge >= 0.3 is 0 Å². The van der Waals surface area contributed by atoms with Gasteiger partial charge in [0.25, 0.3) is 0 Å². The van der Waals surface area contributed by atoms with Crippen molar-refractivity contribution in [2.75, 3.05) is 26.3 Å². The van der Waals surface area contributed by atoms with Gasteiger partial charge in [0.15, 0.2) is 0 Å². The minimum absolute atomic E-state index is 0.0991. The molecule has 2 N–H and O–H groups in total. The monoisotopic (exact) mass is 214 g/mol. The maximum absolute atomic E-state index is 11.3. The normalized spacial score (nSPS) is 22.1. The van der Waals surface area contributed by atoms with Crippen molar-refractivity contribution in [2.24, 2.45) is 0 Å². The highest BCUT2D eigenvalue weighted by Gasteiger charge is 2.12. The van der Waals surface area contributed by atoms with E-state index >= 15 is 0 Å². The lowest BCUT2D eigenvalue weighted by atomic mass is 10.1. The topological polar surface area (TPSA) is 50.4 Å². The van der Waals surface area contributed by atoms with Crippen LogP contribution in [0, 0.1) is 0 Å². The quantitative estimate of drug-likeness (QED) is 0.707. The molecule has 1 saturated heterocycles. The molecule has 0 aromatic carbocycles. The average Bonchev–Trinajstić information content (AvgIpc) is 2.51. The number of rotatable bonds is 5. The third kappa shape index (κ3) is 5.74. The second kappa shape index (κ2) is 7.65. The molecule has 0 spiro atoms. The molecule has 1 atom stereocenters. The molecule has 1 aliphatic rings. The van der Waals surface area contributed by atoms with Gasteiger partial charge in [-0.15, -0.1) is 0 Å². The summed E-state index contributed by atoms with van der Waals surface area (Å²) in [6, 6.07) is 0.444. The van der Waals surface area contributed by atoms with Gasteiger partial charge in [-0.1, -0.05) is 6.92 Å². The van der Waals surface area contributed by atoms with E-state index in [1.165, 1.54) is 0 Å². The van der Waals surface area contributed by atoms with Gasteiger partial charge in [-0.05, 0) is 25.7 Å². The van der Waals surface area contributed by atoms with E-state index in [1.807, 2.05) is 0 Å². The molecule has 15 heavy (non-hydrogen) atoms. The fourth-order valence-corrected chi connectivity index (χ4v) is 1.67. The first-order valence-corrected chi connectivity index (χ1v) is 5.90. The van der Waals surface area contributed by atoms with Crippen LogP contribution in [-0.2, 0) is 9.53 Å². The van der Waals surface area contributed by atoms with Crippen molar-refractivity contribution in [1.82, 2.24) is 10.6 Å². The van der Waals surface area contributed by atoms with Crippen molar-refractivity contribution in [3.8, 4) is 0 Å². The summed E-state index contributed by atoms with van der Waals surface area (Å²) < 4.78 is 5.36. The molecule has 0 bridgehead atoms. The van der Waals surface area contributed by atoms with Gasteiger partial charge in [-0.25, -0.2) is 0 Å². The molecular weight excluding hydrogens is 192 g/mol. The van der Waals surface area contributed by atoms with Gasteiger partial charge in [0, 0.05) is 25.8 Å². The average molecular weight is 214 g/mol. The number of amides is 1. The predicted octanol–water partition coefficient (Wildman–Crippen LogP) is 0.671. The minimum Gasteiger partial charge on any atom is -0.381 e. The zero-order chi connectivity index (χ0) is 10.9. The largest absolute Gasteiger partial charge is 0.381 e. The molecule has 1 amide bonds. The molecule has 4 heteroatoms. The van der Waals surface area contributed by atoms with E-state index in [0.29, 0.717) is 12.6 Å². The first-order valence-electron chi connectivity index (χ1n) is 5.90. The summed E-state index contributed by atoms with van der Waals surface area (Å²) in [5, 5.41) is 6.13. The first-order chi connectivity index (χ1) is 7.33. The molecule has 1 unspecified atom stereocenters. The van der Waals surface area contributed by atoms with Gasteiger partial charge in [-0.2, -0.15) is 0 Å². The third-order valence-electron chi connectivity index (χ3n) is 2.58. The number of carbonyl (C=O) groups excluding carboxylic acids is 1. The fourth-order valence-electron chi connectivity index (χ4n) is 1.67. The number of hydrogen-bond donors (Lipinski definition) is 2. The Morgan fingerprint density at radius 2 is 2.27 bits per heavy atom. The minimum atomic E-state index is 0.0991.